The fourth-order valence-electron chi connectivity index (χ4n) is 5.50. The Kier molecular flexibility index (Phi) is 5.97. The molecular weight excluding hydrogens is 435 g/mol. The summed E-state index contributed by atoms with van der Waals surface area (Å²) in [6.45, 7) is 4.25. The number of likely N-dealkylation sites (tertiary alicyclic amines) is 1. The summed E-state index contributed by atoms with van der Waals surface area (Å²) < 4.78 is 24.8. The number of nitrogens with zero attached hydrogens (tertiary/aromatic N) is 2. The van der Waals surface area contributed by atoms with Crippen molar-refractivity contribution in [2.24, 2.45) is 0 Å². The summed E-state index contributed by atoms with van der Waals surface area (Å²) in [6, 6.07) is 10.8. The van der Waals surface area contributed by atoms with E-state index in [1.165, 1.54) is 29.7 Å². The van der Waals surface area contributed by atoms with Crippen LogP contribution in [0.1, 0.15) is 55.7 Å². The van der Waals surface area contributed by atoms with E-state index in [9.17, 15) is 4.39 Å². The van der Waals surface area contributed by atoms with E-state index < -0.39 is 0 Å². The van der Waals surface area contributed by atoms with Crippen LogP contribution in [0, 0.1) is 5.82 Å². The summed E-state index contributed by atoms with van der Waals surface area (Å²) in [7, 11) is 0. The number of hydrogen-bond acceptors (Lipinski definition) is 6. The molecule has 0 spiro atoms. The Morgan fingerprint density at radius 2 is 2.00 bits per heavy atom. The lowest BCUT2D eigenvalue weighted by atomic mass is 9.91. The highest BCUT2D eigenvalue weighted by molar-refractivity contribution is 5.80. The van der Waals surface area contributed by atoms with Gasteiger partial charge in [0, 0.05) is 35.5 Å². The number of benzene rings is 2. The Morgan fingerprint density at radius 3 is 2.91 bits per heavy atom. The number of allylic oxidation sites excluding steroid dienone is 1. The van der Waals surface area contributed by atoms with E-state index in [1.807, 2.05) is 12.1 Å². The third kappa shape index (κ3) is 4.30. The van der Waals surface area contributed by atoms with Crippen molar-refractivity contribution in [2.45, 2.75) is 44.4 Å². The van der Waals surface area contributed by atoms with E-state index in [1.54, 1.807) is 6.07 Å². The molecule has 0 atom stereocenters. The van der Waals surface area contributed by atoms with Crippen molar-refractivity contribution in [3.05, 3.63) is 59.0 Å². The molecule has 6 nitrogen and oxygen atoms in total. The molecule has 0 saturated carbocycles. The van der Waals surface area contributed by atoms with Gasteiger partial charge in [-0.2, -0.15) is 4.89 Å². The number of aromatic nitrogens is 1. The number of piperidine rings is 1. The predicted molar refractivity (Wildman–Crippen MR) is 126 cm³/mol. The second-order valence-corrected chi connectivity index (χ2v) is 9.47. The van der Waals surface area contributed by atoms with Crippen LogP contribution in [0.15, 0.2) is 46.5 Å². The Bertz CT molecular complexity index is 1210. The molecule has 178 valence electrons. The van der Waals surface area contributed by atoms with E-state index in [-0.39, 0.29) is 5.82 Å². The maximum atomic E-state index is 13.4. The second kappa shape index (κ2) is 9.39. The van der Waals surface area contributed by atoms with Crippen LogP contribution in [-0.2, 0) is 4.89 Å². The molecule has 0 radical (unpaired) electrons. The molecule has 3 aromatic rings. The van der Waals surface area contributed by atoms with Crippen molar-refractivity contribution in [3.8, 4) is 11.5 Å². The lowest BCUT2D eigenvalue weighted by Gasteiger charge is -2.31. The third-order valence-corrected chi connectivity index (χ3v) is 7.32. The molecule has 7 heteroatoms. The van der Waals surface area contributed by atoms with Crippen LogP contribution < -0.4 is 9.62 Å². The van der Waals surface area contributed by atoms with Gasteiger partial charge in [0.15, 0.2) is 11.3 Å². The topological polar surface area (TPSA) is 57.0 Å². The van der Waals surface area contributed by atoms with Crippen LogP contribution in [0.25, 0.3) is 16.5 Å². The summed E-state index contributed by atoms with van der Waals surface area (Å²) >= 11 is 0. The van der Waals surface area contributed by atoms with Gasteiger partial charge in [0.05, 0.1) is 12.3 Å². The SMILES string of the molecule is Fc1ccc2c(C3CCN(CCCOc4ccc5c(c4)OOCC4=C5CCC4)CC3)noc2c1. The maximum absolute atomic E-state index is 13.4. The molecule has 0 unspecified atom stereocenters. The highest BCUT2D eigenvalue weighted by Crippen LogP contribution is 2.41. The Balaban J connectivity index is 0.982. The van der Waals surface area contributed by atoms with E-state index >= 15 is 0 Å². The van der Waals surface area contributed by atoms with Gasteiger partial charge in [0.1, 0.15) is 18.2 Å². The normalized spacial score (nSPS) is 19.1. The van der Waals surface area contributed by atoms with E-state index in [0.717, 1.165) is 79.9 Å². The standard InChI is InChI=1S/C27H29FN2O4/c28-20-5-7-24-25(15-20)33-29-27(24)18-9-12-30(13-10-18)11-2-14-31-21-6-8-23-22-4-1-3-19(22)17-32-34-26(23)16-21/h5-8,15-16,18H,1-4,9-14,17H2. The number of hydrogen-bond donors (Lipinski definition) is 0. The summed E-state index contributed by atoms with van der Waals surface area (Å²) in [5.74, 6) is 1.64. The number of ether oxygens (including phenoxy) is 1. The molecule has 3 aliphatic rings. The van der Waals surface area contributed by atoms with Crippen LogP contribution in [0.4, 0.5) is 4.39 Å². The molecule has 0 N–H and O–H groups in total. The first-order chi connectivity index (χ1) is 16.7. The van der Waals surface area contributed by atoms with Gasteiger partial charge < -0.3 is 19.0 Å². The van der Waals surface area contributed by atoms with Crippen molar-refractivity contribution in [1.29, 1.82) is 0 Å². The van der Waals surface area contributed by atoms with Crippen LogP contribution in [0.3, 0.4) is 0 Å². The molecule has 2 aliphatic heterocycles. The first kappa shape index (κ1) is 21.6. The van der Waals surface area contributed by atoms with Gasteiger partial charge >= 0.3 is 0 Å². The van der Waals surface area contributed by atoms with Crippen LogP contribution in [-0.4, -0.2) is 42.9 Å². The Morgan fingerprint density at radius 1 is 1.09 bits per heavy atom. The van der Waals surface area contributed by atoms with E-state index in [2.05, 4.69) is 16.1 Å². The fourth-order valence-corrected chi connectivity index (χ4v) is 5.50. The summed E-state index contributed by atoms with van der Waals surface area (Å²) in [5, 5.41) is 5.18. The zero-order chi connectivity index (χ0) is 22.9. The fraction of sp³-hybridized carbons (Fsp3) is 0.444. The number of halogens is 1. The maximum Gasteiger partial charge on any atom is 0.176 e. The van der Waals surface area contributed by atoms with Crippen molar-refractivity contribution in [2.75, 3.05) is 32.8 Å². The van der Waals surface area contributed by atoms with Crippen molar-refractivity contribution >= 4 is 16.5 Å². The molecule has 3 heterocycles. The molecule has 0 amide bonds. The van der Waals surface area contributed by atoms with E-state index in [4.69, 9.17) is 19.0 Å². The second-order valence-electron chi connectivity index (χ2n) is 9.47. The van der Waals surface area contributed by atoms with Crippen LogP contribution >= 0.6 is 0 Å². The van der Waals surface area contributed by atoms with Crippen molar-refractivity contribution < 1.29 is 23.4 Å². The van der Waals surface area contributed by atoms with Gasteiger partial charge in [-0.15, -0.1) is 0 Å². The van der Waals surface area contributed by atoms with Gasteiger partial charge in [-0.25, -0.2) is 4.39 Å². The molecule has 0 bridgehead atoms. The lowest BCUT2D eigenvalue weighted by molar-refractivity contribution is -0.197. The highest BCUT2D eigenvalue weighted by Gasteiger charge is 2.26. The number of fused-ring (bicyclic) bond motifs is 3. The summed E-state index contributed by atoms with van der Waals surface area (Å²) in [6.07, 6.45) is 6.40. The average Bonchev–Trinajstić information content (AvgIpc) is 3.45. The monoisotopic (exact) mass is 464 g/mol. The molecule has 2 aromatic carbocycles. The molecule has 1 fully saturated rings. The van der Waals surface area contributed by atoms with Crippen molar-refractivity contribution in [1.82, 2.24) is 10.1 Å². The number of rotatable bonds is 6. The lowest BCUT2D eigenvalue weighted by Crippen LogP contribution is -2.34. The minimum absolute atomic E-state index is 0.292. The molecular formula is C27H29FN2O4. The minimum Gasteiger partial charge on any atom is -0.493 e. The Labute approximate surface area is 198 Å². The highest BCUT2D eigenvalue weighted by atomic mass is 19.1. The van der Waals surface area contributed by atoms with Gasteiger partial charge in [0.25, 0.3) is 0 Å². The molecule has 1 saturated heterocycles. The molecule has 1 aromatic heterocycles. The minimum atomic E-state index is -0.292. The van der Waals surface area contributed by atoms with E-state index in [0.29, 0.717) is 24.7 Å². The van der Waals surface area contributed by atoms with Gasteiger partial charge in [-0.3, -0.25) is 0 Å². The van der Waals surface area contributed by atoms with Gasteiger partial charge in [-0.05, 0) is 87.0 Å². The van der Waals surface area contributed by atoms with Crippen molar-refractivity contribution in [3.63, 3.8) is 0 Å². The molecule has 6 rings (SSSR count). The third-order valence-electron chi connectivity index (χ3n) is 7.32. The summed E-state index contributed by atoms with van der Waals surface area (Å²) in [4.78, 5) is 13.4. The molecule has 1 aliphatic carbocycles. The van der Waals surface area contributed by atoms with Gasteiger partial charge in [0.2, 0.25) is 0 Å². The first-order valence-corrected chi connectivity index (χ1v) is 12.3. The zero-order valence-electron chi connectivity index (χ0n) is 19.2. The Hall–Kier alpha value is -2.90. The summed E-state index contributed by atoms with van der Waals surface area (Å²) in [5.41, 5.74) is 5.39. The smallest absolute Gasteiger partial charge is 0.176 e. The first-order valence-electron chi connectivity index (χ1n) is 12.3. The average molecular weight is 465 g/mol. The largest absolute Gasteiger partial charge is 0.493 e. The van der Waals surface area contributed by atoms with Crippen LogP contribution in [0.2, 0.25) is 0 Å². The predicted octanol–water partition coefficient (Wildman–Crippen LogP) is 5.88. The van der Waals surface area contributed by atoms with Gasteiger partial charge in [-0.1, -0.05) is 5.16 Å². The molecule has 34 heavy (non-hydrogen) atoms. The van der Waals surface area contributed by atoms with Crippen LogP contribution in [0.5, 0.6) is 11.5 Å². The quantitative estimate of drug-likeness (QED) is 0.336. The zero-order valence-corrected chi connectivity index (χ0v) is 19.2.